The van der Waals surface area contributed by atoms with E-state index in [1.54, 1.807) is 0 Å². The van der Waals surface area contributed by atoms with E-state index in [2.05, 4.69) is 5.32 Å². The summed E-state index contributed by atoms with van der Waals surface area (Å²) < 4.78 is 5.00. The minimum absolute atomic E-state index is 0.0625. The van der Waals surface area contributed by atoms with Crippen LogP contribution in [0.15, 0.2) is 0 Å². The summed E-state index contributed by atoms with van der Waals surface area (Å²) in [7, 11) is 0. The lowest BCUT2D eigenvalue weighted by atomic mass is 10.2. The number of hydrogen-bond donors (Lipinski definition) is 2. The summed E-state index contributed by atoms with van der Waals surface area (Å²) in [5, 5.41) is 11.3. The summed E-state index contributed by atoms with van der Waals surface area (Å²) in [6.45, 7) is 7.77. The zero-order valence-electron chi connectivity index (χ0n) is 8.76. The molecule has 78 valence electrons. The van der Waals surface area contributed by atoms with Crippen molar-refractivity contribution in [2.24, 2.45) is 5.92 Å². The number of rotatable bonds is 3. The minimum atomic E-state index is -0.466. The van der Waals surface area contributed by atoms with Crippen molar-refractivity contribution < 1.29 is 14.6 Å². The number of carbonyl (C=O) groups excluding carboxylic acids is 1. The van der Waals surface area contributed by atoms with E-state index in [1.807, 2.05) is 27.7 Å². The van der Waals surface area contributed by atoms with Crippen LogP contribution < -0.4 is 5.32 Å². The summed E-state index contributed by atoms with van der Waals surface area (Å²) >= 11 is 0. The van der Waals surface area contributed by atoms with E-state index in [4.69, 9.17) is 9.84 Å². The van der Waals surface area contributed by atoms with Crippen molar-refractivity contribution in [2.45, 2.75) is 33.3 Å². The highest BCUT2D eigenvalue weighted by atomic mass is 16.6. The fraction of sp³-hybridized carbons (Fsp3) is 0.889. The minimum Gasteiger partial charge on any atom is -0.444 e. The Labute approximate surface area is 79.3 Å². The highest BCUT2D eigenvalue weighted by Gasteiger charge is 2.15. The maximum Gasteiger partial charge on any atom is 0.407 e. The second kappa shape index (κ2) is 5.07. The molecule has 0 spiro atoms. The third-order valence-electron chi connectivity index (χ3n) is 1.31. The molecule has 0 unspecified atom stereocenters. The second-order valence-corrected chi connectivity index (χ2v) is 4.17. The molecule has 0 rings (SSSR count). The average molecular weight is 189 g/mol. The van der Waals surface area contributed by atoms with Gasteiger partial charge in [-0.3, -0.25) is 0 Å². The molecule has 4 heteroatoms. The standard InChI is InChI=1S/C9H19NO3/c1-7(6-11)5-10-8(12)13-9(2,3)4/h7,11H,5-6H2,1-4H3,(H,10,12)/t7-/m0/s1. The molecule has 0 aromatic heterocycles. The molecule has 4 nitrogen and oxygen atoms in total. The predicted molar refractivity (Wildman–Crippen MR) is 50.5 cm³/mol. The summed E-state index contributed by atoms with van der Waals surface area (Å²) in [6.07, 6.45) is -0.437. The number of ether oxygens (including phenoxy) is 1. The molecule has 0 aliphatic carbocycles. The van der Waals surface area contributed by atoms with Crippen LogP contribution in [0.2, 0.25) is 0 Å². The van der Waals surface area contributed by atoms with Gasteiger partial charge in [0, 0.05) is 13.2 Å². The van der Waals surface area contributed by atoms with E-state index in [0.717, 1.165) is 0 Å². The van der Waals surface area contributed by atoms with Gasteiger partial charge in [0.15, 0.2) is 0 Å². The molecule has 0 saturated heterocycles. The largest absolute Gasteiger partial charge is 0.444 e. The highest BCUT2D eigenvalue weighted by Crippen LogP contribution is 2.06. The van der Waals surface area contributed by atoms with E-state index in [1.165, 1.54) is 0 Å². The van der Waals surface area contributed by atoms with Gasteiger partial charge in [-0.1, -0.05) is 6.92 Å². The van der Waals surface area contributed by atoms with E-state index >= 15 is 0 Å². The number of alkyl carbamates (subject to hydrolysis) is 1. The number of hydrogen-bond acceptors (Lipinski definition) is 3. The van der Waals surface area contributed by atoms with E-state index in [0.29, 0.717) is 6.54 Å². The molecule has 0 aliphatic heterocycles. The summed E-state index contributed by atoms with van der Waals surface area (Å²) in [5.74, 6) is 0.0625. The lowest BCUT2D eigenvalue weighted by Gasteiger charge is -2.20. The molecule has 13 heavy (non-hydrogen) atoms. The van der Waals surface area contributed by atoms with Gasteiger partial charge in [0.1, 0.15) is 5.60 Å². The molecule has 0 saturated carbocycles. The fourth-order valence-electron chi connectivity index (χ4n) is 0.636. The molecule has 0 heterocycles. The van der Waals surface area contributed by atoms with Gasteiger partial charge in [-0.25, -0.2) is 4.79 Å². The molecule has 2 N–H and O–H groups in total. The van der Waals surface area contributed by atoms with Crippen molar-refractivity contribution in [1.29, 1.82) is 0 Å². The third-order valence-corrected chi connectivity index (χ3v) is 1.31. The van der Waals surface area contributed by atoms with Crippen LogP contribution in [0.3, 0.4) is 0 Å². The molecule has 0 aromatic carbocycles. The van der Waals surface area contributed by atoms with Crippen molar-refractivity contribution in [1.82, 2.24) is 5.32 Å². The van der Waals surface area contributed by atoms with Crippen LogP contribution in [-0.2, 0) is 4.74 Å². The number of aliphatic hydroxyl groups is 1. The highest BCUT2D eigenvalue weighted by molar-refractivity contribution is 5.67. The average Bonchev–Trinajstić information content (AvgIpc) is 1.97. The van der Waals surface area contributed by atoms with Crippen molar-refractivity contribution in [3.63, 3.8) is 0 Å². The first kappa shape index (κ1) is 12.2. The van der Waals surface area contributed by atoms with Crippen LogP contribution in [-0.4, -0.2) is 30.0 Å². The molecule has 1 atom stereocenters. The van der Waals surface area contributed by atoms with Gasteiger partial charge in [0.2, 0.25) is 0 Å². The molecular formula is C9H19NO3. The predicted octanol–water partition coefficient (Wildman–Crippen LogP) is 1.14. The Kier molecular flexibility index (Phi) is 4.77. The third kappa shape index (κ3) is 7.59. The summed E-state index contributed by atoms with van der Waals surface area (Å²) in [4.78, 5) is 11.1. The molecule has 0 aliphatic rings. The van der Waals surface area contributed by atoms with E-state index in [9.17, 15) is 4.79 Å². The SMILES string of the molecule is C[C@H](CO)CNC(=O)OC(C)(C)C. The van der Waals surface area contributed by atoms with Gasteiger partial charge < -0.3 is 15.2 Å². The Bertz CT molecular complexity index is 163. The zero-order chi connectivity index (χ0) is 10.5. The summed E-state index contributed by atoms with van der Waals surface area (Å²) in [6, 6.07) is 0. The van der Waals surface area contributed by atoms with Crippen molar-refractivity contribution in [2.75, 3.05) is 13.2 Å². The number of amides is 1. The van der Waals surface area contributed by atoms with Crippen molar-refractivity contribution in [3.8, 4) is 0 Å². The molecule has 0 radical (unpaired) electrons. The van der Waals surface area contributed by atoms with E-state index in [-0.39, 0.29) is 12.5 Å². The Balaban J connectivity index is 3.64. The normalized spacial score (nSPS) is 13.6. The monoisotopic (exact) mass is 189 g/mol. The first-order chi connectivity index (χ1) is 5.85. The lowest BCUT2D eigenvalue weighted by Crippen LogP contribution is -2.35. The van der Waals surface area contributed by atoms with Gasteiger partial charge in [-0.05, 0) is 26.7 Å². The second-order valence-electron chi connectivity index (χ2n) is 4.17. The van der Waals surface area contributed by atoms with E-state index < -0.39 is 11.7 Å². The van der Waals surface area contributed by atoms with Crippen LogP contribution in [0.1, 0.15) is 27.7 Å². The van der Waals surface area contributed by atoms with Crippen molar-refractivity contribution in [3.05, 3.63) is 0 Å². The van der Waals surface area contributed by atoms with Gasteiger partial charge >= 0.3 is 6.09 Å². The van der Waals surface area contributed by atoms with Crippen LogP contribution >= 0.6 is 0 Å². The zero-order valence-corrected chi connectivity index (χ0v) is 8.76. The topological polar surface area (TPSA) is 58.6 Å². The van der Waals surface area contributed by atoms with Crippen LogP contribution in [0, 0.1) is 5.92 Å². The van der Waals surface area contributed by atoms with Crippen molar-refractivity contribution >= 4 is 6.09 Å². The Morgan fingerprint density at radius 3 is 2.46 bits per heavy atom. The summed E-state index contributed by atoms with van der Waals surface area (Å²) in [5.41, 5.74) is -0.466. The number of aliphatic hydroxyl groups excluding tert-OH is 1. The van der Waals surface area contributed by atoms with Crippen LogP contribution in [0.4, 0.5) is 4.79 Å². The smallest absolute Gasteiger partial charge is 0.407 e. The molecule has 0 aromatic rings. The maximum absolute atomic E-state index is 11.1. The Morgan fingerprint density at radius 1 is 1.54 bits per heavy atom. The van der Waals surface area contributed by atoms with Gasteiger partial charge in [0.05, 0.1) is 0 Å². The maximum atomic E-state index is 11.1. The first-order valence-corrected chi connectivity index (χ1v) is 4.43. The Morgan fingerprint density at radius 2 is 2.08 bits per heavy atom. The van der Waals surface area contributed by atoms with Gasteiger partial charge in [0.25, 0.3) is 0 Å². The van der Waals surface area contributed by atoms with Crippen LogP contribution in [0.5, 0.6) is 0 Å². The first-order valence-electron chi connectivity index (χ1n) is 4.43. The fourth-order valence-corrected chi connectivity index (χ4v) is 0.636. The molecular weight excluding hydrogens is 170 g/mol. The van der Waals surface area contributed by atoms with Gasteiger partial charge in [-0.2, -0.15) is 0 Å². The van der Waals surface area contributed by atoms with Crippen LogP contribution in [0.25, 0.3) is 0 Å². The number of carbonyl (C=O) groups is 1. The molecule has 1 amide bonds. The van der Waals surface area contributed by atoms with Gasteiger partial charge in [-0.15, -0.1) is 0 Å². The quantitative estimate of drug-likeness (QED) is 0.700. The molecule has 0 bridgehead atoms. The molecule has 0 fully saturated rings. The lowest BCUT2D eigenvalue weighted by molar-refractivity contribution is 0.0515. The number of nitrogens with one attached hydrogen (secondary N) is 1. The Hall–Kier alpha value is -0.770.